The van der Waals surface area contributed by atoms with Gasteiger partial charge in [-0.25, -0.2) is 9.59 Å². The summed E-state index contributed by atoms with van der Waals surface area (Å²) in [5.41, 5.74) is 0.895. The molecule has 0 spiro atoms. The zero-order valence-corrected chi connectivity index (χ0v) is 10.6. The number of nitriles is 1. The van der Waals surface area contributed by atoms with Gasteiger partial charge in [0, 0.05) is 20.1 Å². The summed E-state index contributed by atoms with van der Waals surface area (Å²) in [6.07, 6.45) is 0.276. The number of nitrogens with one attached hydrogen (secondary N) is 1. The van der Waals surface area contributed by atoms with E-state index in [9.17, 15) is 9.59 Å². The number of carbonyl (C=O) groups excluding carboxylic acids is 1. The fourth-order valence-electron chi connectivity index (χ4n) is 1.45. The summed E-state index contributed by atoms with van der Waals surface area (Å²) in [4.78, 5) is 23.8. The van der Waals surface area contributed by atoms with Crippen molar-refractivity contribution in [3.8, 4) is 6.07 Å². The lowest BCUT2D eigenvalue weighted by atomic mass is 10.1. The highest BCUT2D eigenvalue weighted by atomic mass is 16.4. The van der Waals surface area contributed by atoms with E-state index in [1.54, 1.807) is 19.2 Å². The third-order valence-corrected chi connectivity index (χ3v) is 2.52. The number of carbonyl (C=O) groups is 2. The van der Waals surface area contributed by atoms with Crippen LogP contribution in [0.3, 0.4) is 0 Å². The molecule has 0 saturated carbocycles. The maximum atomic E-state index is 11.6. The molecule has 19 heavy (non-hydrogen) atoms. The SMILES string of the molecule is CN(CCC#N)C(=O)NCc1cccc(C(=O)O)c1. The molecule has 0 aliphatic heterocycles. The van der Waals surface area contributed by atoms with Crippen molar-refractivity contribution in [2.75, 3.05) is 13.6 Å². The molecule has 1 aromatic carbocycles. The molecule has 0 atom stereocenters. The second-order valence-corrected chi connectivity index (χ2v) is 3.99. The molecule has 0 saturated heterocycles. The molecule has 0 radical (unpaired) electrons. The molecule has 0 bridgehead atoms. The fraction of sp³-hybridized carbons (Fsp3) is 0.308. The Morgan fingerprint density at radius 2 is 2.21 bits per heavy atom. The Morgan fingerprint density at radius 3 is 2.84 bits per heavy atom. The molecule has 0 unspecified atom stereocenters. The summed E-state index contributed by atoms with van der Waals surface area (Å²) in [7, 11) is 1.60. The normalized spacial score (nSPS) is 9.47. The Hall–Kier alpha value is -2.55. The lowest BCUT2D eigenvalue weighted by Crippen LogP contribution is -2.37. The van der Waals surface area contributed by atoms with Gasteiger partial charge in [0.25, 0.3) is 0 Å². The van der Waals surface area contributed by atoms with Gasteiger partial charge in [-0.1, -0.05) is 12.1 Å². The van der Waals surface area contributed by atoms with Crippen molar-refractivity contribution in [2.45, 2.75) is 13.0 Å². The van der Waals surface area contributed by atoms with Gasteiger partial charge in [0.05, 0.1) is 18.1 Å². The predicted octanol–water partition coefficient (Wildman–Crippen LogP) is 1.44. The van der Waals surface area contributed by atoms with Gasteiger partial charge >= 0.3 is 12.0 Å². The topological polar surface area (TPSA) is 93.4 Å². The van der Waals surface area contributed by atoms with Crippen molar-refractivity contribution in [3.05, 3.63) is 35.4 Å². The van der Waals surface area contributed by atoms with Gasteiger partial charge in [-0.3, -0.25) is 0 Å². The van der Waals surface area contributed by atoms with Crippen LogP contribution in [-0.2, 0) is 6.54 Å². The average Bonchev–Trinajstić information content (AvgIpc) is 2.42. The maximum absolute atomic E-state index is 11.6. The van der Waals surface area contributed by atoms with Crippen LogP contribution in [0, 0.1) is 11.3 Å². The van der Waals surface area contributed by atoms with Crippen LogP contribution in [0.2, 0.25) is 0 Å². The second kappa shape index (κ2) is 7.01. The molecular formula is C13H15N3O3. The second-order valence-electron chi connectivity index (χ2n) is 3.99. The summed E-state index contributed by atoms with van der Waals surface area (Å²) in [6, 6.07) is 8.04. The van der Waals surface area contributed by atoms with Crippen LogP contribution in [-0.4, -0.2) is 35.6 Å². The molecule has 0 heterocycles. The first kappa shape index (κ1) is 14.5. The Labute approximate surface area is 111 Å². The quantitative estimate of drug-likeness (QED) is 0.838. The molecule has 6 heteroatoms. The number of hydrogen-bond acceptors (Lipinski definition) is 3. The number of carboxylic acids is 1. The van der Waals surface area contributed by atoms with Gasteiger partial charge in [-0.15, -0.1) is 0 Å². The summed E-state index contributed by atoms with van der Waals surface area (Å²) in [5, 5.41) is 19.9. The number of rotatable bonds is 5. The Kier molecular flexibility index (Phi) is 5.35. The van der Waals surface area contributed by atoms with E-state index < -0.39 is 5.97 Å². The predicted molar refractivity (Wildman–Crippen MR) is 68.5 cm³/mol. The molecule has 6 nitrogen and oxygen atoms in total. The average molecular weight is 261 g/mol. The Bertz CT molecular complexity index is 508. The molecule has 2 N–H and O–H groups in total. The number of nitrogens with zero attached hydrogens (tertiary/aromatic N) is 2. The first-order valence-electron chi connectivity index (χ1n) is 5.72. The van der Waals surface area contributed by atoms with Crippen LogP contribution in [0.5, 0.6) is 0 Å². The molecule has 0 aliphatic rings. The number of amides is 2. The van der Waals surface area contributed by atoms with Crippen molar-refractivity contribution in [1.82, 2.24) is 10.2 Å². The van der Waals surface area contributed by atoms with Gasteiger partial charge in [0.2, 0.25) is 0 Å². The van der Waals surface area contributed by atoms with E-state index in [4.69, 9.17) is 10.4 Å². The lowest BCUT2D eigenvalue weighted by molar-refractivity contribution is 0.0696. The zero-order valence-electron chi connectivity index (χ0n) is 10.6. The van der Waals surface area contributed by atoms with Gasteiger partial charge in [0.15, 0.2) is 0 Å². The maximum Gasteiger partial charge on any atom is 0.335 e. The third kappa shape index (κ3) is 4.68. The minimum absolute atomic E-state index is 0.185. The first-order valence-corrected chi connectivity index (χ1v) is 5.72. The first-order chi connectivity index (χ1) is 9.04. The van der Waals surface area contributed by atoms with Crippen molar-refractivity contribution >= 4 is 12.0 Å². The zero-order chi connectivity index (χ0) is 14.3. The largest absolute Gasteiger partial charge is 0.478 e. The Morgan fingerprint density at radius 1 is 1.47 bits per heavy atom. The number of hydrogen-bond donors (Lipinski definition) is 2. The number of carboxylic acid groups (broad SMARTS) is 1. The number of aromatic carboxylic acids is 1. The molecular weight excluding hydrogens is 246 g/mol. The minimum Gasteiger partial charge on any atom is -0.478 e. The van der Waals surface area contributed by atoms with E-state index in [1.165, 1.54) is 17.0 Å². The molecule has 0 aliphatic carbocycles. The summed E-state index contributed by atoms with van der Waals surface area (Å²) in [5.74, 6) is -1.00. The van der Waals surface area contributed by atoms with Gasteiger partial charge in [-0.2, -0.15) is 5.26 Å². The van der Waals surface area contributed by atoms with Gasteiger partial charge < -0.3 is 15.3 Å². The van der Waals surface area contributed by atoms with E-state index in [0.717, 1.165) is 0 Å². The van der Waals surface area contributed by atoms with Crippen LogP contribution >= 0.6 is 0 Å². The molecule has 1 rings (SSSR count). The van der Waals surface area contributed by atoms with Crippen LogP contribution in [0.25, 0.3) is 0 Å². The van der Waals surface area contributed by atoms with Crippen molar-refractivity contribution in [2.24, 2.45) is 0 Å². The monoisotopic (exact) mass is 261 g/mol. The van der Waals surface area contributed by atoms with E-state index in [0.29, 0.717) is 12.1 Å². The highest BCUT2D eigenvalue weighted by Crippen LogP contribution is 2.05. The van der Waals surface area contributed by atoms with E-state index in [2.05, 4.69) is 5.32 Å². The molecule has 1 aromatic rings. The van der Waals surface area contributed by atoms with E-state index >= 15 is 0 Å². The van der Waals surface area contributed by atoms with Crippen LogP contribution in [0.15, 0.2) is 24.3 Å². The highest BCUT2D eigenvalue weighted by Gasteiger charge is 2.08. The molecule has 2 amide bonds. The number of urea groups is 1. The minimum atomic E-state index is -1.00. The van der Waals surface area contributed by atoms with E-state index in [-0.39, 0.29) is 24.6 Å². The lowest BCUT2D eigenvalue weighted by Gasteiger charge is -2.16. The summed E-state index contributed by atoms with van der Waals surface area (Å²) >= 11 is 0. The van der Waals surface area contributed by atoms with E-state index in [1.807, 2.05) is 6.07 Å². The molecule has 100 valence electrons. The van der Waals surface area contributed by atoms with Crippen molar-refractivity contribution in [1.29, 1.82) is 5.26 Å². The van der Waals surface area contributed by atoms with Crippen LogP contribution in [0.1, 0.15) is 22.3 Å². The standard InChI is InChI=1S/C13H15N3O3/c1-16(7-3-6-14)13(19)15-9-10-4-2-5-11(8-10)12(17)18/h2,4-5,8H,3,7,9H2,1H3,(H,15,19)(H,17,18). The van der Waals surface area contributed by atoms with Crippen LogP contribution < -0.4 is 5.32 Å². The van der Waals surface area contributed by atoms with Crippen LogP contribution in [0.4, 0.5) is 4.79 Å². The van der Waals surface area contributed by atoms with Gasteiger partial charge in [-0.05, 0) is 17.7 Å². The molecule has 0 aromatic heterocycles. The van der Waals surface area contributed by atoms with Gasteiger partial charge in [0.1, 0.15) is 0 Å². The third-order valence-electron chi connectivity index (χ3n) is 2.52. The van der Waals surface area contributed by atoms with Crippen molar-refractivity contribution < 1.29 is 14.7 Å². The smallest absolute Gasteiger partial charge is 0.335 e. The highest BCUT2D eigenvalue weighted by molar-refractivity contribution is 5.87. The number of benzene rings is 1. The fourth-order valence-corrected chi connectivity index (χ4v) is 1.45. The molecule has 0 fully saturated rings. The summed E-state index contributed by atoms with van der Waals surface area (Å²) in [6.45, 7) is 0.606. The Balaban J connectivity index is 2.52. The summed E-state index contributed by atoms with van der Waals surface area (Å²) < 4.78 is 0. The van der Waals surface area contributed by atoms with Crippen molar-refractivity contribution in [3.63, 3.8) is 0 Å².